The van der Waals surface area contributed by atoms with Crippen molar-refractivity contribution in [3.05, 3.63) is 18.0 Å². The van der Waals surface area contributed by atoms with Gasteiger partial charge in [0, 0.05) is 7.05 Å². The summed E-state index contributed by atoms with van der Waals surface area (Å²) in [5, 5.41) is 8.33. The van der Waals surface area contributed by atoms with E-state index in [1.165, 1.54) is 7.05 Å². The van der Waals surface area contributed by atoms with Gasteiger partial charge in [-0.15, -0.1) is 0 Å². The molecular formula is C5H5FN2O2. The highest BCUT2D eigenvalue weighted by molar-refractivity contribution is 5.85. The first-order valence-corrected chi connectivity index (χ1v) is 2.53. The van der Waals surface area contributed by atoms with Crippen LogP contribution in [0.1, 0.15) is 10.5 Å². The fraction of sp³-hybridized carbons (Fsp3) is 0.200. The lowest BCUT2D eigenvalue weighted by atomic mass is 10.5. The molecule has 0 spiro atoms. The number of aromatic carboxylic acids is 1. The van der Waals surface area contributed by atoms with E-state index >= 15 is 0 Å². The third-order valence-corrected chi connectivity index (χ3v) is 1.09. The van der Waals surface area contributed by atoms with Gasteiger partial charge in [-0.25, -0.2) is 9.78 Å². The molecular weight excluding hydrogens is 139 g/mol. The molecule has 0 atom stereocenters. The Bertz CT molecular complexity index is 249. The minimum absolute atomic E-state index is 0.417. The SMILES string of the molecule is Cn1cnc(F)c1C(=O)O. The van der Waals surface area contributed by atoms with Crippen LogP contribution in [-0.2, 0) is 7.05 Å². The molecule has 4 nitrogen and oxygen atoms in total. The maximum atomic E-state index is 12.3. The lowest BCUT2D eigenvalue weighted by molar-refractivity contribution is 0.0681. The summed E-state index contributed by atoms with van der Waals surface area (Å²) >= 11 is 0. The van der Waals surface area contributed by atoms with Crippen molar-refractivity contribution in [1.29, 1.82) is 0 Å². The molecule has 1 aromatic rings. The van der Waals surface area contributed by atoms with Crippen molar-refractivity contribution in [3.63, 3.8) is 0 Å². The molecule has 0 bridgehead atoms. The Morgan fingerprint density at radius 3 is 2.70 bits per heavy atom. The fourth-order valence-corrected chi connectivity index (χ4v) is 0.641. The van der Waals surface area contributed by atoms with Crippen LogP contribution in [0.3, 0.4) is 0 Å². The number of carboxylic acids is 1. The molecule has 0 radical (unpaired) electrons. The standard InChI is InChI=1S/C5H5FN2O2/c1-8-2-7-4(6)3(8)5(9)10/h2H,1H3,(H,9,10). The summed E-state index contributed by atoms with van der Waals surface area (Å²) in [7, 11) is 1.42. The number of aryl methyl sites for hydroxylation is 1. The lowest BCUT2D eigenvalue weighted by Crippen LogP contribution is -2.05. The van der Waals surface area contributed by atoms with Crippen LogP contribution >= 0.6 is 0 Å². The van der Waals surface area contributed by atoms with E-state index in [9.17, 15) is 9.18 Å². The highest BCUT2D eigenvalue weighted by atomic mass is 19.1. The number of carboxylic acid groups (broad SMARTS) is 1. The summed E-state index contributed by atoms with van der Waals surface area (Å²) in [6, 6.07) is 0. The Hall–Kier alpha value is -1.39. The first kappa shape index (κ1) is 6.73. The van der Waals surface area contributed by atoms with E-state index < -0.39 is 17.6 Å². The van der Waals surface area contributed by atoms with Gasteiger partial charge >= 0.3 is 5.97 Å². The largest absolute Gasteiger partial charge is 0.476 e. The quantitative estimate of drug-likeness (QED) is 0.615. The normalized spacial score (nSPS) is 9.80. The Morgan fingerprint density at radius 2 is 2.50 bits per heavy atom. The van der Waals surface area contributed by atoms with Crippen molar-refractivity contribution in [2.24, 2.45) is 7.05 Å². The van der Waals surface area contributed by atoms with Crippen LogP contribution in [0.4, 0.5) is 4.39 Å². The third kappa shape index (κ3) is 0.854. The van der Waals surface area contributed by atoms with E-state index in [1.807, 2.05) is 0 Å². The summed E-state index contributed by atoms with van der Waals surface area (Å²) in [6.45, 7) is 0. The van der Waals surface area contributed by atoms with E-state index in [0.717, 1.165) is 10.9 Å². The zero-order valence-electron chi connectivity index (χ0n) is 5.21. The molecule has 1 heterocycles. The highest BCUT2D eigenvalue weighted by Crippen LogP contribution is 2.02. The molecule has 10 heavy (non-hydrogen) atoms. The van der Waals surface area contributed by atoms with Gasteiger partial charge in [0.15, 0.2) is 5.69 Å². The van der Waals surface area contributed by atoms with E-state index in [1.54, 1.807) is 0 Å². The Morgan fingerprint density at radius 1 is 1.90 bits per heavy atom. The summed E-state index contributed by atoms with van der Waals surface area (Å²) in [6.07, 6.45) is 1.11. The maximum absolute atomic E-state index is 12.3. The number of imidazole rings is 1. The first-order valence-electron chi connectivity index (χ1n) is 2.53. The van der Waals surface area contributed by atoms with Crippen LogP contribution < -0.4 is 0 Å². The number of hydrogen-bond donors (Lipinski definition) is 1. The van der Waals surface area contributed by atoms with Crippen molar-refractivity contribution in [2.45, 2.75) is 0 Å². The molecule has 0 saturated carbocycles. The zero-order valence-corrected chi connectivity index (χ0v) is 5.21. The molecule has 0 amide bonds. The number of carbonyl (C=O) groups is 1. The van der Waals surface area contributed by atoms with Crippen LogP contribution in [0, 0.1) is 5.95 Å². The van der Waals surface area contributed by atoms with Crippen LogP contribution in [0.15, 0.2) is 6.33 Å². The van der Waals surface area contributed by atoms with Crippen LogP contribution in [0.5, 0.6) is 0 Å². The summed E-state index contributed by atoms with van der Waals surface area (Å²) in [5.74, 6) is -2.26. The molecule has 1 aromatic heterocycles. The maximum Gasteiger partial charge on any atom is 0.357 e. The molecule has 1 N–H and O–H groups in total. The van der Waals surface area contributed by atoms with Crippen molar-refractivity contribution in [1.82, 2.24) is 9.55 Å². The Kier molecular flexibility index (Phi) is 1.41. The van der Waals surface area contributed by atoms with Gasteiger partial charge in [0.25, 0.3) is 0 Å². The smallest absolute Gasteiger partial charge is 0.357 e. The van der Waals surface area contributed by atoms with Gasteiger partial charge in [-0.05, 0) is 0 Å². The van der Waals surface area contributed by atoms with E-state index in [2.05, 4.69) is 4.98 Å². The van der Waals surface area contributed by atoms with Crippen molar-refractivity contribution < 1.29 is 14.3 Å². The number of halogens is 1. The first-order chi connectivity index (χ1) is 4.63. The summed E-state index contributed by atoms with van der Waals surface area (Å²) < 4.78 is 13.5. The van der Waals surface area contributed by atoms with E-state index in [-0.39, 0.29) is 0 Å². The molecule has 0 aliphatic heterocycles. The molecule has 0 aromatic carbocycles. The fourth-order valence-electron chi connectivity index (χ4n) is 0.641. The molecule has 0 saturated heterocycles. The van der Waals surface area contributed by atoms with Gasteiger partial charge in [0.1, 0.15) is 0 Å². The van der Waals surface area contributed by atoms with Gasteiger partial charge in [-0.1, -0.05) is 0 Å². The molecule has 0 aliphatic rings. The number of hydrogen-bond acceptors (Lipinski definition) is 2. The predicted molar refractivity (Wildman–Crippen MR) is 30.1 cm³/mol. The van der Waals surface area contributed by atoms with E-state index in [0.29, 0.717) is 0 Å². The highest BCUT2D eigenvalue weighted by Gasteiger charge is 2.14. The van der Waals surface area contributed by atoms with Crippen LogP contribution in [-0.4, -0.2) is 20.6 Å². The van der Waals surface area contributed by atoms with Gasteiger partial charge in [0.05, 0.1) is 6.33 Å². The van der Waals surface area contributed by atoms with Crippen molar-refractivity contribution >= 4 is 5.97 Å². The number of rotatable bonds is 1. The van der Waals surface area contributed by atoms with Gasteiger partial charge in [0.2, 0.25) is 5.95 Å². The molecule has 54 valence electrons. The van der Waals surface area contributed by atoms with Gasteiger partial charge < -0.3 is 9.67 Å². The Labute approximate surface area is 55.9 Å². The minimum Gasteiger partial charge on any atom is -0.476 e. The second-order valence-electron chi connectivity index (χ2n) is 1.80. The van der Waals surface area contributed by atoms with Gasteiger partial charge in [-0.2, -0.15) is 4.39 Å². The second-order valence-corrected chi connectivity index (χ2v) is 1.80. The molecule has 5 heteroatoms. The average molecular weight is 144 g/mol. The van der Waals surface area contributed by atoms with Crippen molar-refractivity contribution in [2.75, 3.05) is 0 Å². The predicted octanol–water partition coefficient (Wildman–Crippen LogP) is 0.257. The van der Waals surface area contributed by atoms with Crippen molar-refractivity contribution in [3.8, 4) is 0 Å². The lowest BCUT2D eigenvalue weighted by Gasteiger charge is -1.92. The van der Waals surface area contributed by atoms with Crippen LogP contribution in [0.25, 0.3) is 0 Å². The monoisotopic (exact) mass is 144 g/mol. The zero-order chi connectivity index (χ0) is 7.72. The summed E-state index contributed by atoms with van der Waals surface area (Å²) in [4.78, 5) is 13.4. The Balaban J connectivity index is 3.23. The molecule has 0 aliphatic carbocycles. The molecule has 0 unspecified atom stereocenters. The topological polar surface area (TPSA) is 55.1 Å². The average Bonchev–Trinajstić information content (AvgIpc) is 2.11. The number of nitrogens with zero attached hydrogens (tertiary/aromatic N) is 2. The number of aromatic nitrogens is 2. The minimum atomic E-state index is -1.31. The van der Waals surface area contributed by atoms with Gasteiger partial charge in [-0.3, -0.25) is 0 Å². The molecule has 1 rings (SSSR count). The summed E-state index contributed by atoms with van der Waals surface area (Å²) in [5.41, 5.74) is -0.417. The van der Waals surface area contributed by atoms with Crippen LogP contribution in [0.2, 0.25) is 0 Å². The van der Waals surface area contributed by atoms with E-state index in [4.69, 9.17) is 5.11 Å². The second kappa shape index (κ2) is 2.09. The molecule has 0 fully saturated rings. The third-order valence-electron chi connectivity index (χ3n) is 1.09.